The molecule has 1 N–H and O–H groups in total. The Labute approximate surface area is 248 Å². The summed E-state index contributed by atoms with van der Waals surface area (Å²) in [6.07, 6.45) is 7.37. The summed E-state index contributed by atoms with van der Waals surface area (Å²) >= 11 is 0. The standard InChI is InChI=1S/C30H42N8O3Si/c1-30(2,3)42(4,5)41-20-27-25(17-33-37(27)24-7-6-14-40-19-24)26-18-31-28(29-32-21-34-38(26)29)35-22-8-10-23(11-9-22)36-12-15-39-16-13-36/h8-11,17-18,21,24H,6-7,12-16,19-20H2,1-5H3,(H,31,35). The lowest BCUT2D eigenvalue weighted by Gasteiger charge is -2.36. The average molecular weight is 591 g/mol. The van der Waals surface area contributed by atoms with Gasteiger partial charge < -0.3 is 24.1 Å². The summed E-state index contributed by atoms with van der Waals surface area (Å²) < 4.78 is 22.0. The van der Waals surface area contributed by atoms with E-state index in [2.05, 4.69) is 83.1 Å². The molecular weight excluding hydrogens is 548 g/mol. The fourth-order valence-corrected chi connectivity index (χ4v) is 6.18. The summed E-state index contributed by atoms with van der Waals surface area (Å²) in [6, 6.07) is 8.56. The van der Waals surface area contributed by atoms with Crippen molar-refractivity contribution in [3.63, 3.8) is 0 Å². The fraction of sp³-hybridized carbons (Fsp3) is 0.533. The number of fused-ring (bicyclic) bond motifs is 1. The van der Waals surface area contributed by atoms with E-state index < -0.39 is 8.32 Å². The Morgan fingerprint density at radius 3 is 2.50 bits per heavy atom. The van der Waals surface area contributed by atoms with Crippen LogP contribution in [0.5, 0.6) is 0 Å². The van der Waals surface area contributed by atoms with Gasteiger partial charge in [0.25, 0.3) is 0 Å². The van der Waals surface area contributed by atoms with Crippen LogP contribution in [-0.2, 0) is 20.5 Å². The van der Waals surface area contributed by atoms with Gasteiger partial charge >= 0.3 is 0 Å². The maximum absolute atomic E-state index is 6.73. The van der Waals surface area contributed by atoms with Gasteiger partial charge in [-0.2, -0.15) is 10.2 Å². The number of benzene rings is 1. The van der Waals surface area contributed by atoms with Gasteiger partial charge in [-0.25, -0.2) is 14.5 Å². The minimum atomic E-state index is -2.01. The monoisotopic (exact) mass is 590 g/mol. The first-order valence-electron chi connectivity index (χ1n) is 14.9. The second-order valence-corrected chi connectivity index (χ2v) is 17.4. The van der Waals surface area contributed by atoms with Crippen molar-refractivity contribution in [1.82, 2.24) is 29.4 Å². The van der Waals surface area contributed by atoms with E-state index in [0.717, 1.165) is 68.4 Å². The van der Waals surface area contributed by atoms with Crippen LogP contribution in [0.25, 0.3) is 16.9 Å². The van der Waals surface area contributed by atoms with E-state index in [1.807, 2.05) is 16.9 Å². The summed E-state index contributed by atoms with van der Waals surface area (Å²) in [5, 5.41) is 13.0. The highest BCUT2D eigenvalue weighted by Gasteiger charge is 2.38. The van der Waals surface area contributed by atoms with Gasteiger partial charge in [0.15, 0.2) is 19.8 Å². The van der Waals surface area contributed by atoms with Gasteiger partial charge in [0.1, 0.15) is 6.33 Å². The topological polar surface area (TPSA) is 104 Å². The second kappa shape index (κ2) is 11.7. The van der Waals surface area contributed by atoms with Gasteiger partial charge in [-0.3, -0.25) is 4.68 Å². The Hall–Kier alpha value is -3.32. The predicted octanol–water partition coefficient (Wildman–Crippen LogP) is 5.44. The molecule has 1 unspecified atom stereocenters. The molecule has 224 valence electrons. The summed E-state index contributed by atoms with van der Waals surface area (Å²) in [4.78, 5) is 11.7. The lowest BCUT2D eigenvalue weighted by molar-refractivity contribution is 0.0526. The molecule has 1 aromatic carbocycles. The molecule has 2 aliphatic heterocycles. The van der Waals surface area contributed by atoms with E-state index in [1.165, 1.54) is 5.69 Å². The third-order valence-electron chi connectivity index (χ3n) is 8.84. The van der Waals surface area contributed by atoms with Crippen LogP contribution in [0.3, 0.4) is 0 Å². The Morgan fingerprint density at radius 2 is 1.79 bits per heavy atom. The molecule has 6 rings (SSSR count). The maximum atomic E-state index is 6.73. The number of hydrogen-bond donors (Lipinski definition) is 1. The van der Waals surface area contributed by atoms with Crippen LogP contribution in [0, 0.1) is 0 Å². The summed E-state index contributed by atoms with van der Waals surface area (Å²) in [6.45, 7) is 16.6. The number of morpholine rings is 1. The predicted molar refractivity (Wildman–Crippen MR) is 166 cm³/mol. The number of anilines is 3. The molecule has 2 aliphatic rings. The lowest BCUT2D eigenvalue weighted by atomic mass is 10.1. The van der Waals surface area contributed by atoms with Crippen molar-refractivity contribution in [2.45, 2.75) is 64.4 Å². The van der Waals surface area contributed by atoms with E-state index in [4.69, 9.17) is 24.0 Å². The Bertz CT molecular complexity index is 1500. The van der Waals surface area contributed by atoms with Crippen LogP contribution in [0.1, 0.15) is 45.3 Å². The molecule has 2 saturated heterocycles. The van der Waals surface area contributed by atoms with E-state index in [9.17, 15) is 0 Å². The third-order valence-corrected chi connectivity index (χ3v) is 13.3. The Balaban J connectivity index is 1.30. The third kappa shape index (κ3) is 5.81. The fourth-order valence-electron chi connectivity index (χ4n) is 5.25. The van der Waals surface area contributed by atoms with Crippen LogP contribution < -0.4 is 10.2 Å². The van der Waals surface area contributed by atoms with Crippen molar-refractivity contribution >= 4 is 31.2 Å². The highest BCUT2D eigenvalue weighted by molar-refractivity contribution is 6.74. The smallest absolute Gasteiger partial charge is 0.199 e. The normalized spacial score (nSPS) is 18.5. The Morgan fingerprint density at radius 1 is 1.00 bits per heavy atom. The van der Waals surface area contributed by atoms with Crippen molar-refractivity contribution in [3.05, 3.63) is 48.7 Å². The number of ether oxygens (including phenoxy) is 2. The second-order valence-electron chi connectivity index (χ2n) is 12.6. The zero-order valence-electron chi connectivity index (χ0n) is 25.3. The quantitative estimate of drug-likeness (QED) is 0.269. The van der Waals surface area contributed by atoms with Crippen LogP contribution in [0.2, 0.25) is 18.1 Å². The molecule has 3 aromatic heterocycles. The van der Waals surface area contributed by atoms with E-state index in [-0.39, 0.29) is 11.1 Å². The molecule has 0 aliphatic carbocycles. The van der Waals surface area contributed by atoms with Gasteiger partial charge in [-0.05, 0) is 55.2 Å². The van der Waals surface area contributed by atoms with E-state index in [1.54, 1.807) is 6.33 Å². The average Bonchev–Trinajstić information content (AvgIpc) is 3.65. The van der Waals surface area contributed by atoms with E-state index >= 15 is 0 Å². The highest BCUT2D eigenvalue weighted by Crippen LogP contribution is 2.38. The first kappa shape index (κ1) is 28.8. The lowest BCUT2D eigenvalue weighted by Crippen LogP contribution is -2.40. The van der Waals surface area contributed by atoms with Crippen molar-refractivity contribution < 1.29 is 13.9 Å². The van der Waals surface area contributed by atoms with Crippen LogP contribution in [-0.4, -0.2) is 77.2 Å². The van der Waals surface area contributed by atoms with Crippen LogP contribution in [0.15, 0.2) is 43.0 Å². The molecule has 42 heavy (non-hydrogen) atoms. The molecule has 0 bridgehead atoms. The number of aromatic nitrogens is 6. The summed E-state index contributed by atoms with van der Waals surface area (Å²) in [7, 11) is -2.01. The van der Waals surface area contributed by atoms with Crippen LogP contribution in [0.4, 0.5) is 17.2 Å². The van der Waals surface area contributed by atoms with Crippen LogP contribution >= 0.6 is 0 Å². The summed E-state index contributed by atoms with van der Waals surface area (Å²) in [5.41, 5.74) is 5.57. The first-order chi connectivity index (χ1) is 20.2. The maximum Gasteiger partial charge on any atom is 0.199 e. The molecule has 0 radical (unpaired) electrons. The number of nitrogens with zero attached hydrogens (tertiary/aromatic N) is 7. The molecular formula is C30H42N8O3Si. The minimum absolute atomic E-state index is 0.0976. The van der Waals surface area contributed by atoms with Gasteiger partial charge in [0, 0.05) is 36.6 Å². The first-order valence-corrected chi connectivity index (χ1v) is 17.8. The van der Waals surface area contributed by atoms with Gasteiger partial charge in [0.05, 0.1) is 56.3 Å². The zero-order valence-corrected chi connectivity index (χ0v) is 26.3. The van der Waals surface area contributed by atoms with Crippen molar-refractivity contribution in [2.24, 2.45) is 0 Å². The summed E-state index contributed by atoms with van der Waals surface area (Å²) in [5.74, 6) is 0.641. The number of nitrogens with one attached hydrogen (secondary N) is 1. The van der Waals surface area contributed by atoms with Gasteiger partial charge in [-0.15, -0.1) is 0 Å². The van der Waals surface area contributed by atoms with Crippen molar-refractivity contribution in [1.29, 1.82) is 0 Å². The molecule has 11 nitrogen and oxygen atoms in total. The van der Waals surface area contributed by atoms with Crippen molar-refractivity contribution in [3.8, 4) is 11.3 Å². The van der Waals surface area contributed by atoms with E-state index in [0.29, 0.717) is 24.7 Å². The zero-order chi connectivity index (χ0) is 29.3. The van der Waals surface area contributed by atoms with Gasteiger partial charge in [-0.1, -0.05) is 20.8 Å². The minimum Gasteiger partial charge on any atom is -0.411 e. The number of rotatable bonds is 8. The van der Waals surface area contributed by atoms with Gasteiger partial charge in [0.2, 0.25) is 0 Å². The van der Waals surface area contributed by atoms with Crippen molar-refractivity contribution in [2.75, 3.05) is 49.7 Å². The molecule has 12 heteroatoms. The highest BCUT2D eigenvalue weighted by atomic mass is 28.4. The molecule has 0 amide bonds. The molecule has 2 fully saturated rings. The molecule has 4 aromatic rings. The largest absolute Gasteiger partial charge is 0.411 e. The number of hydrogen-bond acceptors (Lipinski definition) is 9. The Kier molecular flexibility index (Phi) is 8.05. The molecule has 0 saturated carbocycles. The SMILES string of the molecule is CC(C)(C)[Si](C)(C)OCc1c(-c2cnc(Nc3ccc(N4CCOCC4)cc3)c3ncnn23)cnn1C1CCCOC1. The molecule has 0 spiro atoms. The molecule has 1 atom stereocenters. The molecule has 5 heterocycles.